The molecule has 0 unspecified atom stereocenters. The molecule has 174 valence electrons. The summed E-state index contributed by atoms with van der Waals surface area (Å²) in [4.78, 5) is 16.3. The first-order valence-electron chi connectivity index (χ1n) is 12.2. The summed E-state index contributed by atoms with van der Waals surface area (Å²) in [7, 11) is 0. The van der Waals surface area contributed by atoms with E-state index in [1.807, 2.05) is 35.8 Å². The van der Waals surface area contributed by atoms with Crippen molar-refractivity contribution in [3.05, 3.63) is 83.8 Å². The Kier molecular flexibility index (Phi) is 4.43. The minimum atomic E-state index is -0.292. The number of aromatic nitrogens is 5. The summed E-state index contributed by atoms with van der Waals surface area (Å²) in [5, 5.41) is 5.09. The molecule has 1 spiro atoms. The second-order valence-electron chi connectivity index (χ2n) is 9.94. The van der Waals surface area contributed by atoms with Crippen LogP contribution in [0.3, 0.4) is 0 Å². The number of anilines is 1. The van der Waals surface area contributed by atoms with Gasteiger partial charge in [-0.3, -0.25) is 9.97 Å². The molecule has 5 aromatic rings. The topological polar surface area (TPSA) is 59.2 Å². The van der Waals surface area contributed by atoms with Crippen LogP contribution in [0.15, 0.2) is 61.1 Å². The molecule has 5 heterocycles. The summed E-state index contributed by atoms with van der Waals surface area (Å²) in [5.41, 5.74) is 6.46. The van der Waals surface area contributed by atoms with Gasteiger partial charge in [0, 0.05) is 42.1 Å². The Morgan fingerprint density at radius 2 is 1.74 bits per heavy atom. The van der Waals surface area contributed by atoms with E-state index in [1.165, 1.54) is 11.3 Å². The van der Waals surface area contributed by atoms with E-state index in [2.05, 4.69) is 26.0 Å². The maximum atomic E-state index is 15.6. The molecule has 7 rings (SSSR count). The molecular formula is C28H25FN6. The normalized spacial score (nSPS) is 16.9. The van der Waals surface area contributed by atoms with Crippen LogP contribution in [0.1, 0.15) is 29.8 Å². The van der Waals surface area contributed by atoms with Gasteiger partial charge in [-0.05, 0) is 80.0 Å². The van der Waals surface area contributed by atoms with Gasteiger partial charge in [-0.2, -0.15) is 5.10 Å². The van der Waals surface area contributed by atoms with Crippen LogP contribution in [0.5, 0.6) is 0 Å². The highest BCUT2D eigenvalue weighted by molar-refractivity contribution is 5.86. The number of benzene rings is 1. The third kappa shape index (κ3) is 3.14. The van der Waals surface area contributed by atoms with E-state index in [0.717, 1.165) is 55.8 Å². The van der Waals surface area contributed by atoms with Gasteiger partial charge in [0.2, 0.25) is 0 Å². The maximum absolute atomic E-state index is 15.6. The standard InChI is InChI=1S/C28H25FN6/c1-18-26(21-6-7-22-20(25(21)29)5-3-12-30-22)35-24(8-13-32-35)27(33-18)34-14-9-28(10-15-34)16-19-4-2-11-31-23(19)17-28/h2-8,11-13H,9-10,14-17H2,1H3. The lowest BCUT2D eigenvalue weighted by Crippen LogP contribution is -2.41. The monoisotopic (exact) mass is 464 g/mol. The van der Waals surface area contributed by atoms with Gasteiger partial charge in [0.15, 0.2) is 5.82 Å². The van der Waals surface area contributed by atoms with Gasteiger partial charge in [-0.15, -0.1) is 0 Å². The molecule has 0 atom stereocenters. The van der Waals surface area contributed by atoms with Crippen LogP contribution in [0.25, 0.3) is 27.7 Å². The number of halogens is 1. The summed E-state index contributed by atoms with van der Waals surface area (Å²) in [6.45, 7) is 3.82. The molecule has 0 radical (unpaired) electrons. The molecule has 7 heteroatoms. The molecule has 1 saturated heterocycles. The molecule has 6 nitrogen and oxygen atoms in total. The Balaban J connectivity index is 1.24. The van der Waals surface area contributed by atoms with Crippen molar-refractivity contribution in [3.63, 3.8) is 0 Å². The largest absolute Gasteiger partial charge is 0.355 e. The van der Waals surface area contributed by atoms with Crippen molar-refractivity contribution in [2.24, 2.45) is 5.41 Å². The molecule has 1 aromatic carbocycles. The van der Waals surface area contributed by atoms with Gasteiger partial charge in [-0.1, -0.05) is 6.07 Å². The van der Waals surface area contributed by atoms with Crippen LogP contribution < -0.4 is 4.90 Å². The van der Waals surface area contributed by atoms with Crippen LogP contribution in [-0.2, 0) is 12.8 Å². The highest BCUT2D eigenvalue weighted by atomic mass is 19.1. The maximum Gasteiger partial charge on any atom is 0.155 e. The molecule has 0 bridgehead atoms. The van der Waals surface area contributed by atoms with Gasteiger partial charge in [-0.25, -0.2) is 13.9 Å². The fourth-order valence-electron chi connectivity index (χ4n) is 6.07. The fraction of sp³-hybridized carbons (Fsp3) is 0.286. The molecule has 0 amide bonds. The van der Waals surface area contributed by atoms with Crippen LogP contribution in [0, 0.1) is 18.2 Å². The predicted octanol–water partition coefficient (Wildman–Crippen LogP) is 5.17. The molecule has 35 heavy (non-hydrogen) atoms. The lowest BCUT2D eigenvalue weighted by atomic mass is 9.76. The molecular weight excluding hydrogens is 439 g/mol. The molecule has 2 aliphatic rings. The molecule has 4 aromatic heterocycles. The average molecular weight is 465 g/mol. The smallest absolute Gasteiger partial charge is 0.155 e. The molecule has 0 N–H and O–H groups in total. The van der Waals surface area contributed by atoms with Gasteiger partial charge in [0.25, 0.3) is 0 Å². The molecule has 1 fully saturated rings. The van der Waals surface area contributed by atoms with Crippen LogP contribution in [0.2, 0.25) is 0 Å². The van der Waals surface area contributed by atoms with E-state index >= 15 is 4.39 Å². The van der Waals surface area contributed by atoms with Gasteiger partial charge in [0.1, 0.15) is 11.3 Å². The molecule has 1 aliphatic heterocycles. The highest BCUT2D eigenvalue weighted by Crippen LogP contribution is 2.45. The third-order valence-electron chi connectivity index (χ3n) is 7.89. The highest BCUT2D eigenvalue weighted by Gasteiger charge is 2.41. The van der Waals surface area contributed by atoms with E-state index in [0.29, 0.717) is 27.6 Å². The quantitative estimate of drug-likeness (QED) is 0.361. The first kappa shape index (κ1) is 20.5. The Morgan fingerprint density at radius 1 is 0.914 bits per heavy atom. The number of fused-ring (bicyclic) bond motifs is 3. The lowest BCUT2D eigenvalue weighted by Gasteiger charge is -2.40. The Labute approximate surface area is 202 Å². The SMILES string of the molecule is Cc1nc(N2CCC3(CC2)Cc2cccnc2C3)c2ccnn2c1-c1ccc2ncccc2c1F. The van der Waals surface area contributed by atoms with Crippen molar-refractivity contribution < 1.29 is 4.39 Å². The minimum Gasteiger partial charge on any atom is -0.355 e. The minimum absolute atomic E-state index is 0.292. The van der Waals surface area contributed by atoms with E-state index in [-0.39, 0.29) is 5.82 Å². The van der Waals surface area contributed by atoms with E-state index in [9.17, 15) is 0 Å². The second kappa shape index (κ2) is 7.57. The first-order valence-corrected chi connectivity index (χ1v) is 12.2. The number of hydrogen-bond acceptors (Lipinski definition) is 5. The number of pyridine rings is 2. The van der Waals surface area contributed by atoms with Crippen LogP contribution in [0.4, 0.5) is 10.2 Å². The van der Waals surface area contributed by atoms with Crippen molar-refractivity contribution in [1.29, 1.82) is 0 Å². The number of rotatable bonds is 2. The third-order valence-corrected chi connectivity index (χ3v) is 7.89. The molecule has 0 saturated carbocycles. The predicted molar refractivity (Wildman–Crippen MR) is 134 cm³/mol. The van der Waals surface area contributed by atoms with Crippen molar-refractivity contribution >= 4 is 22.2 Å². The van der Waals surface area contributed by atoms with Crippen molar-refractivity contribution in [2.75, 3.05) is 18.0 Å². The Hall–Kier alpha value is -3.87. The number of nitrogens with zero attached hydrogens (tertiary/aromatic N) is 6. The number of hydrogen-bond donors (Lipinski definition) is 0. The van der Waals surface area contributed by atoms with E-state index in [4.69, 9.17) is 4.98 Å². The number of piperidine rings is 1. The number of aryl methyl sites for hydroxylation is 1. The zero-order valence-corrected chi connectivity index (χ0v) is 19.6. The van der Waals surface area contributed by atoms with Crippen molar-refractivity contribution in [3.8, 4) is 11.3 Å². The van der Waals surface area contributed by atoms with Crippen molar-refractivity contribution in [1.82, 2.24) is 24.6 Å². The summed E-state index contributed by atoms with van der Waals surface area (Å²) in [6.07, 6.45) is 9.77. The zero-order chi connectivity index (χ0) is 23.6. The zero-order valence-electron chi connectivity index (χ0n) is 19.6. The molecule has 1 aliphatic carbocycles. The Bertz CT molecular complexity index is 1570. The van der Waals surface area contributed by atoms with Crippen LogP contribution >= 0.6 is 0 Å². The fourth-order valence-corrected chi connectivity index (χ4v) is 6.07. The van der Waals surface area contributed by atoms with Gasteiger partial charge < -0.3 is 4.90 Å². The Morgan fingerprint density at radius 3 is 2.60 bits per heavy atom. The second-order valence-corrected chi connectivity index (χ2v) is 9.94. The van der Waals surface area contributed by atoms with E-state index < -0.39 is 0 Å². The summed E-state index contributed by atoms with van der Waals surface area (Å²) < 4.78 is 17.4. The van der Waals surface area contributed by atoms with Gasteiger partial charge >= 0.3 is 0 Å². The summed E-state index contributed by atoms with van der Waals surface area (Å²) >= 11 is 0. The van der Waals surface area contributed by atoms with Gasteiger partial charge in [0.05, 0.1) is 23.1 Å². The lowest BCUT2D eigenvalue weighted by molar-refractivity contribution is 0.231. The van der Waals surface area contributed by atoms with E-state index in [1.54, 1.807) is 30.6 Å². The average Bonchev–Trinajstić information content (AvgIpc) is 3.50. The van der Waals surface area contributed by atoms with Crippen LogP contribution in [-0.4, -0.2) is 37.7 Å². The summed E-state index contributed by atoms with van der Waals surface area (Å²) in [6, 6.07) is 13.4. The first-order chi connectivity index (χ1) is 17.1. The summed E-state index contributed by atoms with van der Waals surface area (Å²) in [5.74, 6) is 0.634. The van der Waals surface area contributed by atoms with Crippen molar-refractivity contribution in [2.45, 2.75) is 32.6 Å².